The zero-order chi connectivity index (χ0) is 25.2. The Hall–Kier alpha value is -4.73. The van der Waals surface area contributed by atoms with Gasteiger partial charge in [-0.15, -0.1) is 0 Å². The molecular weight excluding hydrogens is 452 g/mol. The van der Waals surface area contributed by atoms with E-state index in [0.29, 0.717) is 39.9 Å². The highest BCUT2D eigenvalue weighted by molar-refractivity contribution is 6.04. The van der Waals surface area contributed by atoms with E-state index in [-0.39, 0.29) is 24.5 Å². The van der Waals surface area contributed by atoms with Crippen molar-refractivity contribution in [1.82, 2.24) is 5.32 Å². The molecule has 4 N–H and O–H groups in total. The standard InChI is InChI=1S/C25H26N4O6/c1-26-25(32)28-18-11-9-17(10-12-18)27-24(31)16-8-13-21(22(14-16)34-3)35-15-23(30)29-19-6-4-5-7-20(19)33-2/h4-14H,15H2,1-3H3,(H,27,31)(H,29,30)(H2,26,28,32). The van der Waals surface area contributed by atoms with E-state index < -0.39 is 0 Å². The van der Waals surface area contributed by atoms with E-state index in [1.54, 1.807) is 60.7 Å². The van der Waals surface area contributed by atoms with E-state index in [1.165, 1.54) is 27.3 Å². The maximum atomic E-state index is 12.7. The van der Waals surface area contributed by atoms with Gasteiger partial charge in [0.05, 0.1) is 19.9 Å². The van der Waals surface area contributed by atoms with E-state index in [9.17, 15) is 14.4 Å². The van der Waals surface area contributed by atoms with Crippen LogP contribution in [0.15, 0.2) is 66.7 Å². The van der Waals surface area contributed by atoms with Gasteiger partial charge in [0.1, 0.15) is 5.75 Å². The van der Waals surface area contributed by atoms with Crippen LogP contribution in [-0.2, 0) is 4.79 Å². The highest BCUT2D eigenvalue weighted by Gasteiger charge is 2.14. The number of rotatable bonds is 9. The Kier molecular flexibility index (Phi) is 8.49. The van der Waals surface area contributed by atoms with Crippen molar-refractivity contribution in [1.29, 1.82) is 0 Å². The van der Waals surface area contributed by atoms with Gasteiger partial charge in [-0.25, -0.2) is 4.79 Å². The number of nitrogens with one attached hydrogen (secondary N) is 4. The van der Waals surface area contributed by atoms with Crippen LogP contribution < -0.4 is 35.5 Å². The Bertz CT molecular complexity index is 1200. The van der Waals surface area contributed by atoms with Gasteiger partial charge in [0.2, 0.25) is 0 Å². The minimum absolute atomic E-state index is 0.267. The number of benzene rings is 3. The molecule has 3 rings (SSSR count). The molecule has 0 spiro atoms. The molecule has 3 aromatic carbocycles. The molecule has 0 atom stereocenters. The predicted molar refractivity (Wildman–Crippen MR) is 133 cm³/mol. The molecular formula is C25H26N4O6. The van der Waals surface area contributed by atoms with Gasteiger partial charge < -0.3 is 35.5 Å². The number of amides is 4. The van der Waals surface area contributed by atoms with Crippen molar-refractivity contribution in [3.05, 3.63) is 72.3 Å². The summed E-state index contributed by atoms with van der Waals surface area (Å²) in [4.78, 5) is 36.3. The van der Waals surface area contributed by atoms with Crippen molar-refractivity contribution in [2.24, 2.45) is 0 Å². The highest BCUT2D eigenvalue weighted by Crippen LogP contribution is 2.29. The number of hydrogen-bond donors (Lipinski definition) is 4. The summed E-state index contributed by atoms with van der Waals surface area (Å²) in [6.07, 6.45) is 0. The molecule has 10 nitrogen and oxygen atoms in total. The van der Waals surface area contributed by atoms with Crippen molar-refractivity contribution < 1.29 is 28.6 Å². The van der Waals surface area contributed by atoms with Gasteiger partial charge in [-0.05, 0) is 54.6 Å². The number of carbonyl (C=O) groups excluding carboxylic acids is 3. The van der Waals surface area contributed by atoms with Crippen LogP contribution >= 0.6 is 0 Å². The molecule has 4 amide bonds. The molecule has 35 heavy (non-hydrogen) atoms. The Morgan fingerprint density at radius 3 is 2.06 bits per heavy atom. The van der Waals surface area contributed by atoms with Gasteiger partial charge in [0.15, 0.2) is 18.1 Å². The zero-order valence-electron chi connectivity index (χ0n) is 19.5. The first-order valence-electron chi connectivity index (χ1n) is 10.6. The fraction of sp³-hybridized carbons (Fsp3) is 0.160. The number of para-hydroxylation sites is 2. The summed E-state index contributed by atoms with van der Waals surface area (Å²) in [5, 5.41) is 10.6. The van der Waals surface area contributed by atoms with E-state index in [1.807, 2.05) is 0 Å². The first-order valence-corrected chi connectivity index (χ1v) is 10.6. The second-order valence-corrected chi connectivity index (χ2v) is 7.14. The van der Waals surface area contributed by atoms with Crippen LogP contribution in [0.25, 0.3) is 0 Å². The Labute approximate surface area is 202 Å². The average Bonchev–Trinajstić information content (AvgIpc) is 2.88. The molecule has 0 saturated heterocycles. The first kappa shape index (κ1) is 24.9. The molecule has 0 unspecified atom stereocenters. The molecule has 0 heterocycles. The van der Waals surface area contributed by atoms with Crippen molar-refractivity contribution in [3.8, 4) is 17.2 Å². The number of urea groups is 1. The zero-order valence-corrected chi connectivity index (χ0v) is 19.5. The van der Waals surface area contributed by atoms with E-state index in [2.05, 4.69) is 21.3 Å². The summed E-state index contributed by atoms with van der Waals surface area (Å²) < 4.78 is 16.1. The lowest BCUT2D eigenvalue weighted by Gasteiger charge is -2.13. The minimum Gasteiger partial charge on any atom is -0.495 e. The van der Waals surface area contributed by atoms with Crippen molar-refractivity contribution >= 4 is 34.9 Å². The molecule has 0 saturated carbocycles. The van der Waals surface area contributed by atoms with E-state index >= 15 is 0 Å². The third kappa shape index (κ3) is 6.87. The fourth-order valence-corrected chi connectivity index (χ4v) is 3.04. The van der Waals surface area contributed by atoms with Crippen LogP contribution in [0.2, 0.25) is 0 Å². The quantitative estimate of drug-likeness (QED) is 0.371. The second-order valence-electron chi connectivity index (χ2n) is 7.14. The van der Waals surface area contributed by atoms with Crippen LogP contribution in [0.4, 0.5) is 21.9 Å². The van der Waals surface area contributed by atoms with E-state index in [4.69, 9.17) is 14.2 Å². The summed E-state index contributed by atoms with van der Waals surface area (Å²) >= 11 is 0. The maximum Gasteiger partial charge on any atom is 0.318 e. The maximum absolute atomic E-state index is 12.7. The monoisotopic (exact) mass is 478 g/mol. The summed E-state index contributed by atoms with van der Waals surface area (Å²) in [5.41, 5.74) is 1.99. The SMILES string of the molecule is CNC(=O)Nc1ccc(NC(=O)c2ccc(OCC(=O)Nc3ccccc3OC)c(OC)c2)cc1. The van der Waals surface area contributed by atoms with Crippen LogP contribution in [-0.4, -0.2) is 45.7 Å². The smallest absolute Gasteiger partial charge is 0.318 e. The van der Waals surface area contributed by atoms with Crippen LogP contribution in [0.5, 0.6) is 17.2 Å². The molecule has 0 fully saturated rings. The molecule has 0 aliphatic heterocycles. The molecule has 3 aromatic rings. The van der Waals surface area contributed by atoms with E-state index in [0.717, 1.165) is 0 Å². The molecule has 0 radical (unpaired) electrons. The highest BCUT2D eigenvalue weighted by atomic mass is 16.5. The van der Waals surface area contributed by atoms with Crippen molar-refractivity contribution in [2.45, 2.75) is 0 Å². The van der Waals surface area contributed by atoms with Gasteiger partial charge in [-0.2, -0.15) is 0 Å². The van der Waals surface area contributed by atoms with Gasteiger partial charge in [0.25, 0.3) is 11.8 Å². The molecule has 182 valence electrons. The predicted octanol–water partition coefficient (Wildman–Crippen LogP) is 3.72. The lowest BCUT2D eigenvalue weighted by molar-refractivity contribution is -0.118. The number of hydrogen-bond acceptors (Lipinski definition) is 6. The number of anilines is 3. The number of methoxy groups -OCH3 is 2. The Morgan fingerprint density at radius 1 is 0.743 bits per heavy atom. The molecule has 0 bridgehead atoms. The van der Waals surface area contributed by atoms with Gasteiger partial charge in [0, 0.05) is 24.0 Å². The second kappa shape index (κ2) is 11.9. The normalized spacial score (nSPS) is 10.0. The van der Waals surface area contributed by atoms with Gasteiger partial charge in [-0.3, -0.25) is 9.59 Å². The third-order valence-corrected chi connectivity index (χ3v) is 4.79. The summed E-state index contributed by atoms with van der Waals surface area (Å²) in [5.74, 6) is 0.395. The molecule has 0 aromatic heterocycles. The summed E-state index contributed by atoms with van der Waals surface area (Å²) in [6.45, 7) is -0.267. The number of carbonyl (C=O) groups is 3. The van der Waals surface area contributed by atoms with Crippen LogP contribution in [0.3, 0.4) is 0 Å². The first-order chi connectivity index (χ1) is 16.9. The largest absolute Gasteiger partial charge is 0.495 e. The van der Waals surface area contributed by atoms with Crippen molar-refractivity contribution in [2.75, 3.05) is 43.8 Å². The van der Waals surface area contributed by atoms with Gasteiger partial charge >= 0.3 is 6.03 Å². The molecule has 10 heteroatoms. The average molecular weight is 479 g/mol. The van der Waals surface area contributed by atoms with Crippen molar-refractivity contribution in [3.63, 3.8) is 0 Å². The topological polar surface area (TPSA) is 127 Å². The Morgan fingerprint density at radius 2 is 1.40 bits per heavy atom. The minimum atomic E-state index is -0.382. The number of ether oxygens (including phenoxy) is 3. The molecule has 0 aliphatic carbocycles. The lowest BCUT2D eigenvalue weighted by Crippen LogP contribution is -2.24. The Balaban J connectivity index is 1.60. The lowest BCUT2D eigenvalue weighted by atomic mass is 10.1. The third-order valence-electron chi connectivity index (χ3n) is 4.79. The van der Waals surface area contributed by atoms with Crippen LogP contribution in [0, 0.1) is 0 Å². The summed E-state index contributed by atoms with van der Waals surface area (Å²) in [6, 6.07) is 18.0. The summed E-state index contributed by atoms with van der Waals surface area (Å²) in [7, 11) is 4.48. The van der Waals surface area contributed by atoms with Gasteiger partial charge in [-0.1, -0.05) is 12.1 Å². The molecule has 0 aliphatic rings. The fourth-order valence-electron chi connectivity index (χ4n) is 3.04. The van der Waals surface area contributed by atoms with Crippen LogP contribution in [0.1, 0.15) is 10.4 Å².